The molecule has 4 heterocycles. The molecule has 3 fully saturated rings. The van der Waals surface area contributed by atoms with E-state index < -0.39 is 24.6 Å². The van der Waals surface area contributed by atoms with Gasteiger partial charge >= 0.3 is 5.97 Å². The van der Waals surface area contributed by atoms with Crippen molar-refractivity contribution in [2.24, 2.45) is 29.1 Å². The predicted octanol–water partition coefficient (Wildman–Crippen LogP) is 3.94. The van der Waals surface area contributed by atoms with Crippen molar-refractivity contribution in [1.82, 2.24) is 4.90 Å². The van der Waals surface area contributed by atoms with Gasteiger partial charge in [0.25, 0.3) is 0 Å². The van der Waals surface area contributed by atoms with Gasteiger partial charge in [-0.1, -0.05) is 44.8 Å². The number of methoxy groups -OCH3 is 1. The molecular weight excluding hydrogens is 510 g/mol. The average Bonchev–Trinajstić information content (AvgIpc) is 3.44. The molecule has 8 heteroatoms. The van der Waals surface area contributed by atoms with E-state index in [1.807, 2.05) is 0 Å². The molecule has 6 rings (SSSR count). The minimum absolute atomic E-state index is 0.0426. The van der Waals surface area contributed by atoms with Gasteiger partial charge in [0, 0.05) is 35.9 Å². The molecule has 0 amide bonds. The van der Waals surface area contributed by atoms with Crippen LogP contribution in [0.15, 0.2) is 46.8 Å². The van der Waals surface area contributed by atoms with Crippen molar-refractivity contribution >= 4 is 5.97 Å². The Kier molecular flexibility index (Phi) is 7.89. The number of carbonyl (C=O) groups is 1. The van der Waals surface area contributed by atoms with Gasteiger partial charge in [0.05, 0.1) is 32.3 Å². The number of ether oxygens (including phenoxy) is 3. The summed E-state index contributed by atoms with van der Waals surface area (Å²) in [6, 6.07) is 0.131. The number of aliphatic hydroxyl groups excluding tert-OH is 3. The lowest BCUT2D eigenvalue weighted by molar-refractivity contribution is -0.134. The molecule has 0 aromatic carbocycles. The molecule has 0 aromatic heterocycles. The van der Waals surface area contributed by atoms with Crippen LogP contribution in [0.5, 0.6) is 0 Å². The van der Waals surface area contributed by atoms with Crippen LogP contribution < -0.4 is 0 Å². The molecule has 0 aromatic rings. The van der Waals surface area contributed by atoms with Gasteiger partial charge in [0.2, 0.25) is 5.76 Å². The van der Waals surface area contributed by atoms with Gasteiger partial charge < -0.3 is 29.5 Å². The number of fused-ring (bicyclic) bond motifs is 3. The quantitative estimate of drug-likeness (QED) is 0.346. The largest absolute Gasteiger partial charge is 0.492 e. The maximum absolute atomic E-state index is 12.5. The molecule has 220 valence electrons. The number of aliphatic hydroxyl groups is 3. The number of cyclic esters (lactones) is 1. The van der Waals surface area contributed by atoms with E-state index in [9.17, 15) is 20.1 Å². The molecule has 6 aliphatic rings. The van der Waals surface area contributed by atoms with Crippen LogP contribution in [0.25, 0.3) is 0 Å². The second kappa shape index (κ2) is 11.3. The molecule has 8 nitrogen and oxygen atoms in total. The molecule has 2 aliphatic carbocycles. The summed E-state index contributed by atoms with van der Waals surface area (Å²) in [6.45, 7) is 2.49. The Labute approximate surface area is 237 Å². The molecule has 3 N–H and O–H groups in total. The maximum Gasteiger partial charge on any atom is 0.345 e. The third-order valence-electron chi connectivity index (χ3n) is 10.5. The summed E-state index contributed by atoms with van der Waals surface area (Å²) in [4.78, 5) is 15.1. The first-order chi connectivity index (χ1) is 19.4. The Morgan fingerprint density at radius 3 is 2.65 bits per heavy atom. The third kappa shape index (κ3) is 4.75. The fourth-order valence-electron chi connectivity index (χ4n) is 8.61. The zero-order valence-corrected chi connectivity index (χ0v) is 23.9. The number of nitrogens with zero attached hydrogens (tertiary/aromatic N) is 1. The SMILES string of the molecule is COC1=C(CO)C(=O)O/C1=C1/OC2=CC3(CCCCC3)CN3[C@H]([C@@H](O)[C@@H]4C=CC[C@@H](C)C4)CCC[C@H]3[C@H]2[C@@H]1CO. The fraction of sp³-hybridized carbons (Fsp3) is 0.719. The van der Waals surface area contributed by atoms with E-state index in [2.05, 4.69) is 30.1 Å². The van der Waals surface area contributed by atoms with E-state index in [-0.39, 0.29) is 53.0 Å². The van der Waals surface area contributed by atoms with E-state index in [1.165, 1.54) is 13.5 Å². The van der Waals surface area contributed by atoms with E-state index in [4.69, 9.17) is 14.2 Å². The van der Waals surface area contributed by atoms with Gasteiger partial charge in [0.15, 0.2) is 11.5 Å². The topological polar surface area (TPSA) is 109 Å². The first-order valence-electron chi connectivity index (χ1n) is 15.4. The molecule has 40 heavy (non-hydrogen) atoms. The molecule has 0 unspecified atom stereocenters. The van der Waals surface area contributed by atoms with Crippen LogP contribution >= 0.6 is 0 Å². The van der Waals surface area contributed by atoms with Gasteiger partial charge in [-0.2, -0.15) is 0 Å². The molecule has 7 atom stereocenters. The average molecular weight is 556 g/mol. The van der Waals surface area contributed by atoms with Crippen LogP contribution in [0.2, 0.25) is 0 Å². The first-order valence-corrected chi connectivity index (χ1v) is 15.4. The van der Waals surface area contributed by atoms with E-state index in [0.717, 1.165) is 70.1 Å². The van der Waals surface area contributed by atoms with Crippen LogP contribution in [0.3, 0.4) is 0 Å². The Bertz CT molecular complexity index is 1120. The highest BCUT2D eigenvalue weighted by Crippen LogP contribution is 2.54. The monoisotopic (exact) mass is 555 g/mol. The molecule has 4 aliphatic heterocycles. The van der Waals surface area contributed by atoms with Crippen LogP contribution in [0.4, 0.5) is 0 Å². The zero-order chi connectivity index (χ0) is 28.0. The minimum atomic E-state index is -0.649. The van der Waals surface area contributed by atoms with Crippen LogP contribution in [0, 0.1) is 29.1 Å². The molecule has 1 saturated carbocycles. The standard InChI is InChI=1S/C32H45NO7/c1-19-8-6-9-20(14-19)27(36)24-11-7-10-23-26-21(16-34)29(30-28(38-2)22(17-35)31(37)40-30)39-25(26)15-32(18-33(23)24)12-4-3-5-13-32/h6,9,15,19-21,23-24,26-27,34-36H,3-5,7-8,10-14,16-18H2,1-2H3/b30-29+/t19-,20-,21+,23+,24+,26-,27+/m1/s1. The molecule has 0 radical (unpaired) electrons. The van der Waals surface area contributed by atoms with Crippen LogP contribution in [-0.2, 0) is 19.0 Å². The highest BCUT2D eigenvalue weighted by molar-refractivity contribution is 5.94. The predicted molar refractivity (Wildman–Crippen MR) is 148 cm³/mol. The van der Waals surface area contributed by atoms with Gasteiger partial charge in [-0.05, 0) is 50.5 Å². The number of hydrogen-bond donors (Lipinski definition) is 3. The summed E-state index contributed by atoms with van der Waals surface area (Å²) in [5.41, 5.74) is 0.00111. The lowest BCUT2D eigenvalue weighted by atomic mass is 9.72. The summed E-state index contributed by atoms with van der Waals surface area (Å²) in [6.07, 6.45) is 17.1. The molecule has 0 bridgehead atoms. The number of piperidine rings is 1. The number of hydrogen-bond acceptors (Lipinski definition) is 8. The highest BCUT2D eigenvalue weighted by atomic mass is 16.6. The molecule has 2 saturated heterocycles. The smallest absolute Gasteiger partial charge is 0.345 e. The lowest BCUT2D eigenvalue weighted by Gasteiger charge is -2.50. The van der Waals surface area contributed by atoms with E-state index in [0.29, 0.717) is 11.7 Å². The summed E-state index contributed by atoms with van der Waals surface area (Å²) in [5, 5.41) is 32.5. The van der Waals surface area contributed by atoms with Crippen molar-refractivity contribution in [3.05, 3.63) is 46.8 Å². The summed E-state index contributed by atoms with van der Waals surface area (Å²) in [5.74, 6) is 1.13. The zero-order valence-electron chi connectivity index (χ0n) is 23.9. The Balaban J connectivity index is 1.42. The van der Waals surface area contributed by atoms with Crippen molar-refractivity contribution in [1.29, 1.82) is 0 Å². The fourth-order valence-corrected chi connectivity index (χ4v) is 8.61. The Morgan fingerprint density at radius 1 is 1.15 bits per heavy atom. The molecular formula is C32H45NO7. The third-order valence-corrected chi connectivity index (χ3v) is 10.5. The number of rotatable bonds is 5. The number of allylic oxidation sites excluding steroid dienone is 1. The summed E-state index contributed by atoms with van der Waals surface area (Å²) in [7, 11) is 1.44. The Hall–Kier alpha value is -2.13. The van der Waals surface area contributed by atoms with Crippen molar-refractivity contribution in [2.45, 2.75) is 89.3 Å². The minimum Gasteiger partial charge on any atom is -0.492 e. The van der Waals surface area contributed by atoms with Crippen molar-refractivity contribution in [2.75, 3.05) is 26.9 Å². The maximum atomic E-state index is 12.5. The molecule has 1 spiro atoms. The second-order valence-electron chi connectivity index (χ2n) is 13.0. The van der Waals surface area contributed by atoms with Gasteiger partial charge in [-0.3, -0.25) is 4.90 Å². The Morgan fingerprint density at radius 2 is 1.95 bits per heavy atom. The second-order valence-corrected chi connectivity index (χ2v) is 13.0. The first kappa shape index (κ1) is 28.0. The van der Waals surface area contributed by atoms with Gasteiger partial charge in [0.1, 0.15) is 11.3 Å². The van der Waals surface area contributed by atoms with Gasteiger partial charge in [-0.25, -0.2) is 4.79 Å². The van der Waals surface area contributed by atoms with Gasteiger partial charge in [-0.15, -0.1) is 0 Å². The summed E-state index contributed by atoms with van der Waals surface area (Å²) < 4.78 is 17.7. The van der Waals surface area contributed by atoms with Crippen molar-refractivity contribution in [3.63, 3.8) is 0 Å². The number of carbonyl (C=O) groups excluding carboxylic acids is 1. The summed E-state index contributed by atoms with van der Waals surface area (Å²) >= 11 is 0. The van der Waals surface area contributed by atoms with Crippen molar-refractivity contribution < 1.29 is 34.3 Å². The lowest BCUT2D eigenvalue weighted by Crippen LogP contribution is -2.58. The highest BCUT2D eigenvalue weighted by Gasteiger charge is 2.55. The number of esters is 1. The van der Waals surface area contributed by atoms with E-state index >= 15 is 0 Å². The van der Waals surface area contributed by atoms with Crippen LogP contribution in [-0.4, -0.2) is 71.2 Å². The van der Waals surface area contributed by atoms with E-state index in [1.54, 1.807) is 0 Å². The van der Waals surface area contributed by atoms with Crippen LogP contribution in [0.1, 0.15) is 71.1 Å². The van der Waals surface area contributed by atoms with Crippen molar-refractivity contribution in [3.8, 4) is 0 Å². The normalized spacial score (nSPS) is 38.3.